The van der Waals surface area contributed by atoms with E-state index in [4.69, 9.17) is 9.98 Å². The van der Waals surface area contributed by atoms with Crippen LogP contribution >= 0.6 is 0 Å². The molecule has 0 saturated carbocycles. The molecule has 4 nitrogen and oxygen atoms in total. The van der Waals surface area contributed by atoms with Crippen LogP contribution in [0.15, 0.2) is 144 Å². The molecule has 0 saturated heterocycles. The second kappa shape index (κ2) is 11.3. The highest BCUT2D eigenvalue weighted by atomic mass is 14.8. The van der Waals surface area contributed by atoms with Crippen LogP contribution in [0, 0.1) is 0 Å². The molecule has 0 fully saturated rings. The molecule has 44 heavy (non-hydrogen) atoms. The molecular formula is C40H30N4. The number of hydrogen-bond donors (Lipinski definition) is 0. The third-order valence-electron chi connectivity index (χ3n) is 8.66. The Morgan fingerprint density at radius 2 is 1.25 bits per heavy atom. The van der Waals surface area contributed by atoms with E-state index in [1.807, 2.05) is 36.8 Å². The van der Waals surface area contributed by atoms with Crippen molar-refractivity contribution in [3.63, 3.8) is 0 Å². The van der Waals surface area contributed by atoms with E-state index in [1.54, 1.807) is 0 Å². The summed E-state index contributed by atoms with van der Waals surface area (Å²) in [5, 5.41) is 4.89. The van der Waals surface area contributed by atoms with Crippen LogP contribution in [0.25, 0.3) is 60.8 Å². The summed E-state index contributed by atoms with van der Waals surface area (Å²) in [4.78, 5) is 19.0. The molecule has 2 aromatic heterocycles. The lowest BCUT2D eigenvalue weighted by molar-refractivity contribution is 1.04. The average molecular weight is 567 g/mol. The molecule has 0 unspecified atom stereocenters. The SMILES string of the molecule is C1=CN=C(C2=NC=C(c3c4ccccc4c(-c4ccc(-c5ccccn5)nc4)c4ccc(-c5ccccc5)cc34)CC2)CC1. The minimum absolute atomic E-state index is 0.866. The smallest absolute Gasteiger partial charge is 0.0886 e. The van der Waals surface area contributed by atoms with Crippen molar-refractivity contribution in [1.29, 1.82) is 0 Å². The van der Waals surface area contributed by atoms with Crippen molar-refractivity contribution in [1.82, 2.24) is 9.97 Å². The molecule has 4 aromatic carbocycles. The van der Waals surface area contributed by atoms with Gasteiger partial charge in [0.15, 0.2) is 0 Å². The summed E-state index contributed by atoms with van der Waals surface area (Å²) in [6.07, 6.45) is 13.8. The summed E-state index contributed by atoms with van der Waals surface area (Å²) in [7, 11) is 0. The minimum atomic E-state index is 0.866. The molecule has 210 valence electrons. The molecule has 0 amide bonds. The number of rotatable bonds is 5. The van der Waals surface area contributed by atoms with Gasteiger partial charge in [0.2, 0.25) is 0 Å². The Hall–Kier alpha value is -5.48. The molecule has 4 heterocycles. The Kier molecular flexibility index (Phi) is 6.73. The molecule has 0 aliphatic carbocycles. The highest BCUT2D eigenvalue weighted by Gasteiger charge is 2.22. The second-order valence-electron chi connectivity index (χ2n) is 11.3. The quantitative estimate of drug-likeness (QED) is 0.195. The van der Waals surface area contributed by atoms with Crippen LogP contribution < -0.4 is 0 Å². The molecule has 0 N–H and O–H groups in total. The van der Waals surface area contributed by atoms with Gasteiger partial charge >= 0.3 is 0 Å². The van der Waals surface area contributed by atoms with Crippen molar-refractivity contribution in [3.05, 3.63) is 140 Å². The van der Waals surface area contributed by atoms with Crippen LogP contribution in [0.4, 0.5) is 0 Å². The van der Waals surface area contributed by atoms with E-state index in [0.717, 1.165) is 54.1 Å². The Morgan fingerprint density at radius 1 is 0.500 bits per heavy atom. The van der Waals surface area contributed by atoms with Gasteiger partial charge in [-0.1, -0.05) is 84.9 Å². The predicted octanol–water partition coefficient (Wildman–Crippen LogP) is 10.1. The molecule has 8 rings (SSSR count). The summed E-state index contributed by atoms with van der Waals surface area (Å²) >= 11 is 0. The summed E-state index contributed by atoms with van der Waals surface area (Å²) in [6.45, 7) is 0. The number of pyridine rings is 2. The van der Waals surface area contributed by atoms with Crippen LogP contribution in [0.5, 0.6) is 0 Å². The van der Waals surface area contributed by atoms with E-state index in [0.29, 0.717) is 0 Å². The number of allylic oxidation sites excluding steroid dienone is 2. The maximum absolute atomic E-state index is 5.00. The number of aliphatic imine (C=N–C) groups is 2. The predicted molar refractivity (Wildman–Crippen MR) is 184 cm³/mol. The Balaban J connectivity index is 1.36. The monoisotopic (exact) mass is 566 g/mol. The summed E-state index contributed by atoms with van der Waals surface area (Å²) in [6, 6.07) is 36.5. The van der Waals surface area contributed by atoms with E-state index >= 15 is 0 Å². The first-order chi connectivity index (χ1) is 21.8. The van der Waals surface area contributed by atoms with Crippen LogP contribution in [0.1, 0.15) is 31.2 Å². The van der Waals surface area contributed by atoms with E-state index in [1.165, 1.54) is 49.4 Å². The summed E-state index contributed by atoms with van der Waals surface area (Å²) < 4.78 is 0. The van der Waals surface area contributed by atoms with E-state index in [-0.39, 0.29) is 0 Å². The normalized spacial score (nSPS) is 14.8. The third-order valence-corrected chi connectivity index (χ3v) is 8.66. The molecule has 4 heteroatoms. The second-order valence-corrected chi connectivity index (χ2v) is 11.3. The van der Waals surface area contributed by atoms with Gasteiger partial charge in [0.25, 0.3) is 0 Å². The maximum atomic E-state index is 5.00. The molecule has 6 aromatic rings. The molecule has 0 atom stereocenters. The Labute approximate surface area is 256 Å². The maximum Gasteiger partial charge on any atom is 0.0886 e. The summed E-state index contributed by atoms with van der Waals surface area (Å²) in [5.74, 6) is 0. The van der Waals surface area contributed by atoms with Gasteiger partial charge < -0.3 is 0 Å². The minimum Gasteiger partial charge on any atom is -0.260 e. The zero-order valence-corrected chi connectivity index (χ0v) is 24.3. The van der Waals surface area contributed by atoms with Crippen molar-refractivity contribution in [2.45, 2.75) is 25.7 Å². The number of nitrogens with zero attached hydrogens (tertiary/aromatic N) is 4. The Bertz CT molecular complexity index is 2140. The van der Waals surface area contributed by atoms with Crippen LogP contribution in [0.3, 0.4) is 0 Å². The van der Waals surface area contributed by atoms with Crippen molar-refractivity contribution in [3.8, 4) is 33.6 Å². The molecule has 0 spiro atoms. The van der Waals surface area contributed by atoms with Gasteiger partial charge in [-0.05, 0) is 99.3 Å². The summed E-state index contributed by atoms with van der Waals surface area (Å²) in [5.41, 5.74) is 11.2. The lowest BCUT2D eigenvalue weighted by atomic mass is 9.83. The van der Waals surface area contributed by atoms with Gasteiger partial charge in [-0.25, -0.2) is 0 Å². The van der Waals surface area contributed by atoms with Crippen LogP contribution in [0.2, 0.25) is 0 Å². The van der Waals surface area contributed by atoms with Gasteiger partial charge in [-0.2, -0.15) is 0 Å². The lowest BCUT2D eigenvalue weighted by Gasteiger charge is -2.22. The number of aromatic nitrogens is 2. The fourth-order valence-corrected chi connectivity index (χ4v) is 6.52. The largest absolute Gasteiger partial charge is 0.260 e. The number of fused-ring (bicyclic) bond motifs is 2. The molecule has 0 radical (unpaired) electrons. The zero-order valence-electron chi connectivity index (χ0n) is 24.3. The van der Waals surface area contributed by atoms with E-state index in [2.05, 4.69) is 107 Å². The van der Waals surface area contributed by atoms with Crippen molar-refractivity contribution in [2.75, 3.05) is 0 Å². The van der Waals surface area contributed by atoms with Gasteiger partial charge in [0, 0.05) is 30.4 Å². The average Bonchev–Trinajstić information content (AvgIpc) is 3.12. The lowest BCUT2D eigenvalue weighted by Crippen LogP contribution is -2.17. The highest BCUT2D eigenvalue weighted by Crippen LogP contribution is 2.44. The fraction of sp³-hybridized carbons (Fsp3) is 0.100. The molecule has 2 aliphatic heterocycles. The first-order valence-corrected chi connectivity index (χ1v) is 15.2. The Morgan fingerprint density at radius 3 is 1.98 bits per heavy atom. The first-order valence-electron chi connectivity index (χ1n) is 15.2. The zero-order chi connectivity index (χ0) is 29.3. The van der Waals surface area contributed by atoms with Crippen molar-refractivity contribution >= 4 is 38.5 Å². The van der Waals surface area contributed by atoms with Crippen molar-refractivity contribution in [2.24, 2.45) is 9.98 Å². The number of hydrogen-bond acceptors (Lipinski definition) is 4. The standard InChI is InChI=1S/C40H30N4/c1-2-10-27(11-3-1)28-16-19-33-34(24-28)40(30-18-21-38(44-26-30)36-15-7-9-23-42-36)32-13-5-4-12-31(32)39(33)29-17-20-37(43-25-29)35-14-6-8-22-41-35/h1-6,8-14,16-17,19-20,22-26H,7,15,18,21H2. The van der Waals surface area contributed by atoms with Gasteiger partial charge in [-0.3, -0.25) is 20.0 Å². The van der Waals surface area contributed by atoms with E-state index < -0.39 is 0 Å². The van der Waals surface area contributed by atoms with Crippen molar-refractivity contribution < 1.29 is 0 Å². The van der Waals surface area contributed by atoms with Gasteiger partial charge in [-0.15, -0.1) is 0 Å². The van der Waals surface area contributed by atoms with Crippen LogP contribution in [-0.4, -0.2) is 21.4 Å². The molecular weight excluding hydrogens is 536 g/mol. The van der Waals surface area contributed by atoms with Crippen LogP contribution in [-0.2, 0) is 0 Å². The van der Waals surface area contributed by atoms with Gasteiger partial charge in [0.1, 0.15) is 0 Å². The number of benzene rings is 4. The topological polar surface area (TPSA) is 50.5 Å². The third kappa shape index (κ3) is 4.75. The first kappa shape index (κ1) is 26.2. The molecule has 2 aliphatic rings. The van der Waals surface area contributed by atoms with Gasteiger partial charge in [0.05, 0.1) is 22.8 Å². The highest BCUT2D eigenvalue weighted by molar-refractivity contribution is 6.43. The van der Waals surface area contributed by atoms with E-state index in [9.17, 15) is 0 Å². The molecule has 0 bridgehead atoms. The fourth-order valence-electron chi connectivity index (χ4n) is 6.52.